The first-order valence-electron chi connectivity index (χ1n) is 11.5. The Bertz CT molecular complexity index is 1470. The van der Waals surface area contributed by atoms with Crippen LogP contribution in [-0.4, -0.2) is 64.4 Å². The lowest BCUT2D eigenvalue weighted by molar-refractivity contribution is -0.113. The number of rotatable bonds is 9. The summed E-state index contributed by atoms with van der Waals surface area (Å²) in [6.45, 7) is 4.46. The van der Waals surface area contributed by atoms with Crippen molar-refractivity contribution in [3.05, 3.63) is 45.6 Å². The lowest BCUT2D eigenvalue weighted by atomic mass is 10.1. The molecule has 1 N–H and O–H groups in total. The molecule has 0 aliphatic rings. The van der Waals surface area contributed by atoms with Gasteiger partial charge in [-0.3, -0.25) is 9.59 Å². The van der Waals surface area contributed by atoms with Gasteiger partial charge in [-0.25, -0.2) is 4.79 Å². The van der Waals surface area contributed by atoms with Gasteiger partial charge < -0.3 is 19.5 Å². The Morgan fingerprint density at radius 1 is 1.19 bits per heavy atom. The van der Waals surface area contributed by atoms with Crippen molar-refractivity contribution in [1.82, 2.24) is 19.7 Å². The summed E-state index contributed by atoms with van der Waals surface area (Å²) in [5.41, 5.74) is 1.69. The summed E-state index contributed by atoms with van der Waals surface area (Å²) < 4.78 is 8.11. The van der Waals surface area contributed by atoms with E-state index in [1.54, 1.807) is 32.4 Å². The molecule has 0 bridgehead atoms. The van der Waals surface area contributed by atoms with E-state index < -0.39 is 5.97 Å². The van der Waals surface area contributed by atoms with Crippen molar-refractivity contribution in [3.63, 3.8) is 0 Å². The quantitative estimate of drug-likeness (QED) is 0.224. The van der Waals surface area contributed by atoms with Gasteiger partial charge in [0, 0.05) is 41.7 Å². The first-order valence-corrected chi connectivity index (χ1v) is 14.2. The zero-order valence-corrected chi connectivity index (χ0v) is 23.6. The topological polar surface area (TPSA) is 106 Å². The number of carbonyl (C=O) groups excluding carboxylic acids is 3. The summed E-state index contributed by atoms with van der Waals surface area (Å²) in [5.74, 6) is -0.348. The predicted octanol–water partition coefficient (Wildman–Crippen LogP) is 5.16. The second-order valence-corrected chi connectivity index (χ2v) is 11.3. The molecule has 0 fully saturated rings. The number of anilines is 1. The molecule has 0 saturated carbocycles. The maximum absolute atomic E-state index is 12.9. The highest BCUT2D eigenvalue weighted by atomic mass is 32.2. The molecule has 0 radical (unpaired) electrons. The molecule has 0 aliphatic carbocycles. The molecule has 194 valence electrons. The number of nitrogens with zero attached hydrogens (tertiary/aromatic N) is 4. The molecule has 9 nitrogen and oxygen atoms in total. The van der Waals surface area contributed by atoms with Gasteiger partial charge in [0.15, 0.2) is 11.0 Å². The monoisotopic (exact) mass is 557 g/mol. The standard InChI is InChI=1S/C25H27N5O4S3/c1-6-11-30-21(16-12-35-17-10-8-7-9-15(16)17)27-28-25(30)36-13-18(31)26-22-19(24(33)34-5)14(2)20(37-22)23(32)29(3)4/h7-10,12H,6,11,13H2,1-5H3,(H,26,31). The molecule has 0 atom stereocenters. The van der Waals surface area contributed by atoms with Gasteiger partial charge in [-0.15, -0.1) is 32.9 Å². The van der Waals surface area contributed by atoms with Crippen LogP contribution in [0.2, 0.25) is 0 Å². The van der Waals surface area contributed by atoms with Crippen LogP contribution < -0.4 is 5.32 Å². The third kappa shape index (κ3) is 5.41. The number of methoxy groups -OCH3 is 1. The van der Waals surface area contributed by atoms with Gasteiger partial charge in [0.05, 0.1) is 23.3 Å². The number of nitrogens with one attached hydrogen (secondary N) is 1. The third-order valence-electron chi connectivity index (χ3n) is 5.61. The summed E-state index contributed by atoms with van der Waals surface area (Å²) in [5, 5.41) is 15.8. The number of thioether (sulfide) groups is 1. The molecule has 0 aliphatic heterocycles. The Morgan fingerprint density at radius 2 is 1.95 bits per heavy atom. The molecule has 0 unspecified atom stereocenters. The fraction of sp³-hybridized carbons (Fsp3) is 0.320. The highest BCUT2D eigenvalue weighted by Gasteiger charge is 2.27. The Morgan fingerprint density at radius 3 is 2.65 bits per heavy atom. The molecule has 1 aromatic carbocycles. The summed E-state index contributed by atoms with van der Waals surface area (Å²) >= 11 is 4.00. The lowest BCUT2D eigenvalue weighted by Gasteiger charge is -2.09. The van der Waals surface area contributed by atoms with E-state index in [4.69, 9.17) is 4.74 Å². The molecule has 12 heteroatoms. The van der Waals surface area contributed by atoms with E-state index in [1.807, 2.05) is 16.7 Å². The second kappa shape index (κ2) is 11.4. The zero-order chi connectivity index (χ0) is 26.7. The number of esters is 1. The van der Waals surface area contributed by atoms with Crippen molar-refractivity contribution in [2.75, 3.05) is 32.3 Å². The van der Waals surface area contributed by atoms with Crippen LogP contribution in [0.3, 0.4) is 0 Å². The third-order valence-corrected chi connectivity index (χ3v) is 8.73. The molecule has 3 heterocycles. The first kappa shape index (κ1) is 26.8. The summed E-state index contributed by atoms with van der Waals surface area (Å²) in [6.07, 6.45) is 0.881. The van der Waals surface area contributed by atoms with Crippen LogP contribution in [0, 0.1) is 6.92 Å². The van der Waals surface area contributed by atoms with Gasteiger partial charge in [-0.1, -0.05) is 36.9 Å². The minimum absolute atomic E-state index is 0.0563. The van der Waals surface area contributed by atoms with E-state index in [-0.39, 0.29) is 23.1 Å². The van der Waals surface area contributed by atoms with E-state index in [0.717, 1.165) is 34.5 Å². The average molecular weight is 558 g/mol. The van der Waals surface area contributed by atoms with E-state index in [0.29, 0.717) is 27.1 Å². The minimum Gasteiger partial charge on any atom is -0.465 e. The summed E-state index contributed by atoms with van der Waals surface area (Å²) in [4.78, 5) is 39.7. The van der Waals surface area contributed by atoms with Crippen LogP contribution in [0.15, 0.2) is 34.8 Å². The Hall–Kier alpha value is -3.22. The van der Waals surface area contributed by atoms with Gasteiger partial charge in [0.25, 0.3) is 5.91 Å². The molecule has 4 rings (SSSR count). The van der Waals surface area contributed by atoms with Gasteiger partial charge >= 0.3 is 5.97 Å². The number of hydrogen-bond donors (Lipinski definition) is 1. The lowest BCUT2D eigenvalue weighted by Crippen LogP contribution is -2.21. The van der Waals surface area contributed by atoms with Crippen LogP contribution in [-0.2, 0) is 16.1 Å². The van der Waals surface area contributed by atoms with Crippen molar-refractivity contribution >= 4 is 67.3 Å². The normalized spacial score (nSPS) is 11.1. The van der Waals surface area contributed by atoms with Crippen molar-refractivity contribution in [3.8, 4) is 11.4 Å². The Labute approximate surface area is 226 Å². The number of aromatic nitrogens is 3. The summed E-state index contributed by atoms with van der Waals surface area (Å²) in [7, 11) is 4.53. The molecular weight excluding hydrogens is 531 g/mol. The molecular formula is C25H27N5O4S3. The van der Waals surface area contributed by atoms with Gasteiger partial charge in [-0.05, 0) is 25.0 Å². The molecule has 2 amide bonds. The minimum atomic E-state index is -0.607. The van der Waals surface area contributed by atoms with E-state index in [2.05, 4.69) is 40.0 Å². The number of fused-ring (bicyclic) bond motifs is 1. The van der Waals surface area contributed by atoms with Crippen molar-refractivity contribution in [1.29, 1.82) is 0 Å². The van der Waals surface area contributed by atoms with E-state index >= 15 is 0 Å². The SMILES string of the molecule is CCCn1c(SCC(=O)Nc2sc(C(=O)N(C)C)c(C)c2C(=O)OC)nnc1-c1csc2ccccc12. The maximum atomic E-state index is 12.9. The van der Waals surface area contributed by atoms with Gasteiger partial charge in [0.2, 0.25) is 5.91 Å². The van der Waals surface area contributed by atoms with Crippen LogP contribution in [0.25, 0.3) is 21.5 Å². The zero-order valence-electron chi connectivity index (χ0n) is 21.2. The molecule has 3 aromatic heterocycles. The largest absolute Gasteiger partial charge is 0.465 e. The molecule has 0 saturated heterocycles. The van der Waals surface area contributed by atoms with E-state index in [1.165, 1.54) is 28.5 Å². The van der Waals surface area contributed by atoms with Gasteiger partial charge in [-0.2, -0.15) is 0 Å². The van der Waals surface area contributed by atoms with Crippen molar-refractivity contribution < 1.29 is 19.1 Å². The van der Waals surface area contributed by atoms with Crippen LogP contribution in [0.5, 0.6) is 0 Å². The first-order chi connectivity index (χ1) is 17.8. The number of amides is 2. The fourth-order valence-electron chi connectivity index (χ4n) is 3.82. The number of carbonyl (C=O) groups is 3. The molecule has 4 aromatic rings. The number of hydrogen-bond acceptors (Lipinski definition) is 9. The number of thiophene rings is 2. The predicted molar refractivity (Wildman–Crippen MR) is 149 cm³/mol. The highest BCUT2D eigenvalue weighted by molar-refractivity contribution is 7.99. The molecule has 37 heavy (non-hydrogen) atoms. The van der Waals surface area contributed by atoms with Crippen molar-refractivity contribution in [2.45, 2.75) is 32.0 Å². The number of benzene rings is 1. The smallest absolute Gasteiger partial charge is 0.341 e. The Kier molecular flexibility index (Phi) is 8.30. The van der Waals surface area contributed by atoms with E-state index in [9.17, 15) is 14.4 Å². The number of ether oxygens (including phenoxy) is 1. The highest BCUT2D eigenvalue weighted by Crippen LogP contribution is 2.36. The average Bonchev–Trinajstić information content (AvgIpc) is 3.57. The summed E-state index contributed by atoms with van der Waals surface area (Å²) in [6, 6.07) is 8.17. The van der Waals surface area contributed by atoms with Gasteiger partial charge in [0.1, 0.15) is 5.00 Å². The fourth-order valence-corrected chi connectivity index (χ4v) is 6.76. The van der Waals surface area contributed by atoms with Crippen LogP contribution in [0.1, 0.15) is 38.9 Å². The van der Waals surface area contributed by atoms with Crippen molar-refractivity contribution in [2.24, 2.45) is 0 Å². The van der Waals surface area contributed by atoms with Crippen LogP contribution in [0.4, 0.5) is 5.00 Å². The molecule has 0 spiro atoms. The maximum Gasteiger partial charge on any atom is 0.341 e. The Balaban J connectivity index is 1.55. The van der Waals surface area contributed by atoms with Crippen LogP contribution >= 0.6 is 34.4 Å². The second-order valence-electron chi connectivity index (χ2n) is 8.39.